The summed E-state index contributed by atoms with van der Waals surface area (Å²) in [5, 5.41) is 15.9. The molecule has 190 valence electrons. The summed E-state index contributed by atoms with van der Waals surface area (Å²) in [6, 6.07) is 12.6. The van der Waals surface area contributed by atoms with Crippen molar-refractivity contribution in [1.82, 2.24) is 20.6 Å². The number of hydrogen-bond donors (Lipinski definition) is 2. The highest BCUT2D eigenvalue weighted by molar-refractivity contribution is 6.03. The Morgan fingerprint density at radius 2 is 1.72 bits per heavy atom. The van der Waals surface area contributed by atoms with E-state index in [1.165, 1.54) is 47.1 Å². The first-order chi connectivity index (χ1) is 17.1. The highest BCUT2D eigenvalue weighted by Crippen LogP contribution is 2.54. The van der Waals surface area contributed by atoms with E-state index in [9.17, 15) is 4.79 Å². The number of anilines is 1. The molecular weight excluding hydrogens is 446 g/mol. The number of fused-ring (bicyclic) bond motifs is 1. The van der Waals surface area contributed by atoms with Crippen molar-refractivity contribution < 1.29 is 4.79 Å². The third kappa shape index (κ3) is 4.86. The van der Waals surface area contributed by atoms with Gasteiger partial charge in [-0.1, -0.05) is 89.8 Å². The summed E-state index contributed by atoms with van der Waals surface area (Å²) in [5.41, 5.74) is 8.95. The molecule has 0 bridgehead atoms. The molecule has 2 aromatic carbocycles. The normalized spacial score (nSPS) is 18.2. The van der Waals surface area contributed by atoms with Crippen molar-refractivity contribution in [1.29, 1.82) is 0 Å². The van der Waals surface area contributed by atoms with Gasteiger partial charge in [0.15, 0.2) is 0 Å². The van der Waals surface area contributed by atoms with Gasteiger partial charge in [-0.3, -0.25) is 10.1 Å². The fraction of sp³-hybridized carbons (Fsp3) is 0.467. The summed E-state index contributed by atoms with van der Waals surface area (Å²) in [6.45, 7) is 16.5. The summed E-state index contributed by atoms with van der Waals surface area (Å²) in [5.74, 6) is 0.459. The number of rotatable bonds is 8. The van der Waals surface area contributed by atoms with Gasteiger partial charge in [-0.05, 0) is 87.2 Å². The lowest BCUT2D eigenvalue weighted by molar-refractivity contribution is 0.102. The van der Waals surface area contributed by atoms with Gasteiger partial charge in [0.05, 0.1) is 0 Å². The monoisotopic (exact) mass is 485 g/mol. The second kappa shape index (κ2) is 10.00. The summed E-state index contributed by atoms with van der Waals surface area (Å²) >= 11 is 0. The second-order valence-electron chi connectivity index (χ2n) is 11.3. The lowest BCUT2D eigenvalue weighted by Crippen LogP contribution is -2.30. The van der Waals surface area contributed by atoms with E-state index >= 15 is 0 Å². The number of aromatic nitrogens is 4. The molecule has 1 aliphatic carbocycles. The molecule has 0 fully saturated rings. The van der Waals surface area contributed by atoms with Crippen molar-refractivity contribution in [3.8, 4) is 0 Å². The molecule has 0 radical (unpaired) electrons. The van der Waals surface area contributed by atoms with E-state index in [1.807, 2.05) is 24.3 Å². The first kappa shape index (κ1) is 25.8. The van der Waals surface area contributed by atoms with E-state index in [4.69, 9.17) is 0 Å². The standard InChI is InChI=1S/C30H39N5O/c1-8-9-10-11-23-17-25-26(30(6,7)20(3)29(25,4)5)18-24(23)19(2)16-21-12-14-22(15-13-21)27(36)31-28-32-34-35-33-28/h12-18,20H,8-11H2,1-7H3,(H2,31,32,33,34,35,36). The number of benzene rings is 2. The lowest BCUT2D eigenvalue weighted by Gasteiger charge is -2.32. The number of amides is 1. The van der Waals surface area contributed by atoms with Gasteiger partial charge in [-0.2, -0.15) is 5.21 Å². The molecule has 1 aliphatic rings. The number of H-pyrrole nitrogens is 1. The molecule has 4 rings (SSSR count). The Morgan fingerprint density at radius 1 is 1.06 bits per heavy atom. The van der Waals surface area contributed by atoms with Crippen molar-refractivity contribution in [3.63, 3.8) is 0 Å². The van der Waals surface area contributed by atoms with Gasteiger partial charge >= 0.3 is 0 Å². The Bertz CT molecular complexity index is 1250. The van der Waals surface area contributed by atoms with Crippen molar-refractivity contribution in [2.75, 3.05) is 5.32 Å². The van der Waals surface area contributed by atoms with Crippen LogP contribution in [0, 0.1) is 5.92 Å². The molecule has 6 heteroatoms. The van der Waals surface area contributed by atoms with E-state index in [0.717, 1.165) is 12.0 Å². The summed E-state index contributed by atoms with van der Waals surface area (Å²) < 4.78 is 0. The summed E-state index contributed by atoms with van der Waals surface area (Å²) in [7, 11) is 0. The molecule has 0 aliphatic heterocycles. The zero-order valence-electron chi connectivity index (χ0n) is 22.7. The number of hydrogen-bond acceptors (Lipinski definition) is 4. The maximum atomic E-state index is 12.4. The Labute approximate surface area is 215 Å². The third-order valence-corrected chi connectivity index (χ3v) is 8.40. The average Bonchev–Trinajstić information content (AvgIpc) is 3.40. The van der Waals surface area contributed by atoms with Crippen molar-refractivity contribution in [2.45, 2.75) is 85.0 Å². The molecule has 1 heterocycles. The summed E-state index contributed by atoms with van der Waals surface area (Å²) in [6.07, 6.45) is 7.00. The highest BCUT2D eigenvalue weighted by Gasteiger charge is 2.48. The quantitative estimate of drug-likeness (QED) is 0.267. The van der Waals surface area contributed by atoms with Crippen LogP contribution in [-0.4, -0.2) is 26.5 Å². The van der Waals surface area contributed by atoms with Crippen molar-refractivity contribution >= 4 is 23.5 Å². The van der Waals surface area contributed by atoms with E-state index in [-0.39, 0.29) is 22.7 Å². The first-order valence-corrected chi connectivity index (χ1v) is 13.1. The Balaban J connectivity index is 1.66. The maximum Gasteiger partial charge on any atom is 0.270 e. The zero-order valence-corrected chi connectivity index (χ0v) is 22.7. The molecule has 6 nitrogen and oxygen atoms in total. The van der Waals surface area contributed by atoms with E-state index in [2.05, 4.69) is 92.6 Å². The SMILES string of the molecule is CCCCCc1cc2c(cc1C(C)=Cc1ccc(C(=O)Nc3nn[nH]n3)cc1)C(C)(C)C(C)C2(C)C. The number of aromatic amines is 1. The molecule has 0 saturated heterocycles. The van der Waals surface area contributed by atoms with Crippen LogP contribution in [0.5, 0.6) is 0 Å². The maximum absolute atomic E-state index is 12.4. The van der Waals surface area contributed by atoms with Crippen molar-refractivity contribution in [2.24, 2.45) is 5.92 Å². The van der Waals surface area contributed by atoms with Crippen molar-refractivity contribution in [3.05, 3.63) is 69.8 Å². The van der Waals surface area contributed by atoms with Gasteiger partial charge in [0, 0.05) is 5.56 Å². The van der Waals surface area contributed by atoms with Crippen LogP contribution in [0.1, 0.15) is 106 Å². The number of tetrazole rings is 1. The number of nitrogens with one attached hydrogen (secondary N) is 2. The molecule has 1 amide bonds. The minimum Gasteiger partial charge on any atom is -0.288 e. The summed E-state index contributed by atoms with van der Waals surface area (Å²) in [4.78, 5) is 12.4. The van der Waals surface area contributed by atoms with E-state index in [0.29, 0.717) is 11.5 Å². The van der Waals surface area contributed by atoms with E-state index < -0.39 is 0 Å². The number of carbonyl (C=O) groups excluding carboxylic acids is 1. The fourth-order valence-electron chi connectivity index (χ4n) is 5.67. The number of aryl methyl sites for hydroxylation is 1. The second-order valence-corrected chi connectivity index (χ2v) is 11.3. The molecule has 3 aromatic rings. The molecule has 0 spiro atoms. The van der Waals surface area contributed by atoms with Gasteiger partial charge in [-0.15, -0.1) is 5.10 Å². The molecule has 1 unspecified atom stereocenters. The predicted octanol–water partition coefficient (Wildman–Crippen LogP) is 6.95. The third-order valence-electron chi connectivity index (χ3n) is 8.40. The van der Waals surface area contributed by atoms with Gasteiger partial charge < -0.3 is 0 Å². The van der Waals surface area contributed by atoms with Gasteiger partial charge in [0.25, 0.3) is 11.9 Å². The Kier molecular flexibility index (Phi) is 7.17. The topological polar surface area (TPSA) is 83.6 Å². The van der Waals surface area contributed by atoms with E-state index in [1.54, 1.807) is 0 Å². The molecule has 36 heavy (non-hydrogen) atoms. The minimum atomic E-state index is -0.264. The van der Waals surface area contributed by atoms with Crippen LogP contribution in [0.15, 0.2) is 36.4 Å². The first-order valence-electron chi connectivity index (χ1n) is 13.1. The van der Waals surface area contributed by atoms with Crippen LogP contribution in [0.4, 0.5) is 5.95 Å². The number of nitrogens with zero attached hydrogens (tertiary/aromatic N) is 3. The lowest BCUT2D eigenvalue weighted by atomic mass is 9.71. The molecule has 2 N–H and O–H groups in total. The van der Waals surface area contributed by atoms with Crippen LogP contribution in [0.25, 0.3) is 11.6 Å². The smallest absolute Gasteiger partial charge is 0.270 e. The Hall–Kier alpha value is -3.28. The van der Waals surface area contributed by atoms with Gasteiger partial charge in [0.1, 0.15) is 0 Å². The van der Waals surface area contributed by atoms with Gasteiger partial charge in [-0.25, -0.2) is 0 Å². The number of unbranched alkanes of at least 4 members (excludes halogenated alkanes) is 2. The van der Waals surface area contributed by atoms with Crippen LogP contribution in [0.2, 0.25) is 0 Å². The molecule has 1 aromatic heterocycles. The highest BCUT2D eigenvalue weighted by atomic mass is 16.1. The number of carbonyl (C=O) groups is 1. The van der Waals surface area contributed by atoms with Crippen LogP contribution >= 0.6 is 0 Å². The van der Waals surface area contributed by atoms with Crippen LogP contribution in [-0.2, 0) is 17.3 Å². The van der Waals surface area contributed by atoms with Crippen LogP contribution in [0.3, 0.4) is 0 Å². The largest absolute Gasteiger partial charge is 0.288 e. The zero-order chi connectivity index (χ0) is 26.1. The predicted molar refractivity (Wildman–Crippen MR) is 147 cm³/mol. The Morgan fingerprint density at radius 3 is 2.33 bits per heavy atom. The average molecular weight is 486 g/mol. The number of allylic oxidation sites excluding steroid dienone is 1. The minimum absolute atomic E-state index is 0.128. The molecular formula is C30H39N5O. The molecule has 1 atom stereocenters. The fourth-order valence-corrected chi connectivity index (χ4v) is 5.67. The molecule has 0 saturated carbocycles. The van der Waals surface area contributed by atoms with Crippen LogP contribution < -0.4 is 5.32 Å². The van der Waals surface area contributed by atoms with Gasteiger partial charge in [0.2, 0.25) is 0 Å².